The highest BCUT2D eigenvalue weighted by atomic mass is 16.5. The first-order valence-electron chi connectivity index (χ1n) is 6.34. The van der Waals surface area contributed by atoms with E-state index in [0.29, 0.717) is 30.8 Å². The van der Waals surface area contributed by atoms with Crippen LogP contribution in [0.3, 0.4) is 0 Å². The molecule has 1 aromatic heterocycles. The van der Waals surface area contributed by atoms with Gasteiger partial charge in [0, 0.05) is 6.61 Å². The standard InChI is InChI=1S/C12H21N3O2/c1-3-16-8-10-14-11(17-15-10)12(13)6-4-5-9(2)7-12/h9H,3-8,13H2,1-2H3. The van der Waals surface area contributed by atoms with Crippen LogP contribution in [-0.2, 0) is 16.9 Å². The molecule has 0 aromatic carbocycles. The quantitative estimate of drug-likeness (QED) is 0.869. The Hall–Kier alpha value is -0.940. The number of nitrogens with two attached hydrogens (primary N) is 1. The minimum atomic E-state index is -0.435. The van der Waals surface area contributed by atoms with E-state index in [4.69, 9.17) is 15.0 Å². The van der Waals surface area contributed by atoms with E-state index in [1.165, 1.54) is 6.42 Å². The molecule has 0 radical (unpaired) electrons. The van der Waals surface area contributed by atoms with Gasteiger partial charge in [-0.1, -0.05) is 24.9 Å². The van der Waals surface area contributed by atoms with Gasteiger partial charge in [-0.3, -0.25) is 0 Å². The molecule has 1 heterocycles. The smallest absolute Gasteiger partial charge is 0.246 e. The van der Waals surface area contributed by atoms with Crippen LogP contribution >= 0.6 is 0 Å². The summed E-state index contributed by atoms with van der Waals surface area (Å²) in [6.07, 6.45) is 4.20. The molecule has 96 valence electrons. The number of ether oxygens (including phenoxy) is 1. The predicted molar refractivity (Wildman–Crippen MR) is 63.1 cm³/mol. The van der Waals surface area contributed by atoms with Crippen molar-refractivity contribution in [2.24, 2.45) is 11.7 Å². The molecule has 1 aliphatic carbocycles. The summed E-state index contributed by atoms with van der Waals surface area (Å²) in [5.41, 5.74) is 5.94. The van der Waals surface area contributed by atoms with E-state index in [9.17, 15) is 0 Å². The lowest BCUT2D eigenvalue weighted by Crippen LogP contribution is -2.41. The average molecular weight is 239 g/mol. The van der Waals surface area contributed by atoms with E-state index in [1.54, 1.807) is 0 Å². The van der Waals surface area contributed by atoms with Gasteiger partial charge >= 0.3 is 0 Å². The minimum Gasteiger partial charge on any atom is -0.374 e. The maximum absolute atomic E-state index is 6.38. The highest BCUT2D eigenvalue weighted by Gasteiger charge is 2.37. The summed E-state index contributed by atoms with van der Waals surface area (Å²) in [5, 5.41) is 3.91. The van der Waals surface area contributed by atoms with Crippen molar-refractivity contribution in [3.8, 4) is 0 Å². The third-order valence-corrected chi connectivity index (χ3v) is 3.36. The first kappa shape index (κ1) is 12.5. The van der Waals surface area contributed by atoms with Gasteiger partial charge in [0.15, 0.2) is 5.82 Å². The molecule has 5 nitrogen and oxygen atoms in total. The molecule has 2 N–H and O–H groups in total. The number of rotatable bonds is 4. The molecule has 17 heavy (non-hydrogen) atoms. The fourth-order valence-corrected chi connectivity index (χ4v) is 2.49. The maximum atomic E-state index is 6.38. The van der Waals surface area contributed by atoms with Crippen LogP contribution < -0.4 is 5.73 Å². The molecule has 1 saturated carbocycles. The Morgan fingerprint density at radius 3 is 3.12 bits per heavy atom. The minimum absolute atomic E-state index is 0.394. The fourth-order valence-electron chi connectivity index (χ4n) is 2.49. The average Bonchev–Trinajstić information content (AvgIpc) is 2.75. The lowest BCUT2D eigenvalue weighted by molar-refractivity contribution is 0.126. The van der Waals surface area contributed by atoms with Gasteiger partial charge in [-0.15, -0.1) is 0 Å². The summed E-state index contributed by atoms with van der Waals surface area (Å²) < 4.78 is 10.5. The van der Waals surface area contributed by atoms with Crippen LogP contribution in [-0.4, -0.2) is 16.7 Å². The van der Waals surface area contributed by atoms with Crippen LogP contribution in [0.15, 0.2) is 4.52 Å². The molecule has 0 bridgehead atoms. The maximum Gasteiger partial charge on any atom is 0.246 e. The van der Waals surface area contributed by atoms with Crippen molar-refractivity contribution in [3.05, 3.63) is 11.7 Å². The van der Waals surface area contributed by atoms with E-state index in [-0.39, 0.29) is 0 Å². The topological polar surface area (TPSA) is 74.2 Å². The van der Waals surface area contributed by atoms with Crippen molar-refractivity contribution >= 4 is 0 Å². The first-order chi connectivity index (χ1) is 8.14. The Kier molecular flexibility index (Phi) is 3.79. The molecule has 5 heteroatoms. The molecule has 0 amide bonds. The van der Waals surface area contributed by atoms with Crippen LogP contribution in [0, 0.1) is 5.92 Å². The second-order valence-electron chi connectivity index (χ2n) is 5.01. The molecule has 0 spiro atoms. The van der Waals surface area contributed by atoms with Crippen molar-refractivity contribution in [2.45, 2.75) is 51.7 Å². The van der Waals surface area contributed by atoms with Crippen LogP contribution in [0.25, 0.3) is 0 Å². The molecule has 1 aromatic rings. The summed E-state index contributed by atoms with van der Waals surface area (Å²) in [4.78, 5) is 4.35. The van der Waals surface area contributed by atoms with E-state index in [1.807, 2.05) is 6.92 Å². The molecule has 2 atom stereocenters. The van der Waals surface area contributed by atoms with E-state index in [2.05, 4.69) is 17.1 Å². The van der Waals surface area contributed by atoms with E-state index < -0.39 is 5.54 Å². The number of hydrogen-bond acceptors (Lipinski definition) is 5. The van der Waals surface area contributed by atoms with Crippen molar-refractivity contribution < 1.29 is 9.26 Å². The summed E-state index contributed by atoms with van der Waals surface area (Å²) >= 11 is 0. The van der Waals surface area contributed by atoms with Gasteiger partial charge in [-0.05, 0) is 25.7 Å². The molecule has 2 unspecified atom stereocenters. The van der Waals surface area contributed by atoms with Crippen molar-refractivity contribution in [1.82, 2.24) is 10.1 Å². The molecule has 2 rings (SSSR count). The summed E-state index contributed by atoms with van der Waals surface area (Å²) in [6, 6.07) is 0. The Bertz CT molecular complexity index is 366. The van der Waals surface area contributed by atoms with Crippen molar-refractivity contribution in [3.63, 3.8) is 0 Å². The summed E-state index contributed by atoms with van der Waals surface area (Å²) in [7, 11) is 0. The second kappa shape index (κ2) is 5.14. The highest BCUT2D eigenvalue weighted by Crippen LogP contribution is 2.36. The van der Waals surface area contributed by atoms with Gasteiger partial charge in [0.25, 0.3) is 0 Å². The highest BCUT2D eigenvalue weighted by molar-refractivity contribution is 5.04. The zero-order valence-corrected chi connectivity index (χ0v) is 10.6. The summed E-state index contributed by atoms with van der Waals surface area (Å²) in [5.74, 6) is 1.78. The molecular weight excluding hydrogens is 218 g/mol. The molecule has 0 saturated heterocycles. The number of nitrogens with zero attached hydrogens (tertiary/aromatic N) is 2. The van der Waals surface area contributed by atoms with Gasteiger partial charge in [0.05, 0.1) is 5.54 Å². The predicted octanol–water partition coefficient (Wildman–Crippen LogP) is 1.97. The SMILES string of the molecule is CCOCc1noc(C2(N)CCCC(C)C2)n1. The fraction of sp³-hybridized carbons (Fsp3) is 0.833. The second-order valence-corrected chi connectivity index (χ2v) is 5.01. The van der Waals surface area contributed by atoms with E-state index in [0.717, 1.165) is 19.3 Å². The Labute approximate surface area is 102 Å². The van der Waals surface area contributed by atoms with Gasteiger partial charge in [0.1, 0.15) is 6.61 Å². The Morgan fingerprint density at radius 2 is 2.41 bits per heavy atom. The first-order valence-corrected chi connectivity index (χ1v) is 6.34. The lowest BCUT2D eigenvalue weighted by atomic mass is 9.77. The largest absolute Gasteiger partial charge is 0.374 e. The molecule has 0 aliphatic heterocycles. The number of aromatic nitrogens is 2. The Morgan fingerprint density at radius 1 is 1.59 bits per heavy atom. The summed E-state index contributed by atoms with van der Waals surface area (Å²) in [6.45, 7) is 5.20. The number of hydrogen-bond donors (Lipinski definition) is 1. The third-order valence-electron chi connectivity index (χ3n) is 3.36. The normalized spacial score (nSPS) is 29.5. The molecule has 1 fully saturated rings. The van der Waals surface area contributed by atoms with Crippen molar-refractivity contribution in [2.75, 3.05) is 6.61 Å². The zero-order valence-electron chi connectivity index (χ0n) is 10.6. The van der Waals surface area contributed by atoms with Crippen LogP contribution in [0.1, 0.15) is 51.2 Å². The van der Waals surface area contributed by atoms with Gasteiger partial charge in [-0.25, -0.2) is 0 Å². The van der Waals surface area contributed by atoms with E-state index >= 15 is 0 Å². The Balaban J connectivity index is 2.07. The van der Waals surface area contributed by atoms with Gasteiger partial charge < -0.3 is 15.0 Å². The van der Waals surface area contributed by atoms with Gasteiger partial charge in [0.2, 0.25) is 5.89 Å². The monoisotopic (exact) mass is 239 g/mol. The lowest BCUT2D eigenvalue weighted by Gasteiger charge is -2.33. The molecule has 1 aliphatic rings. The zero-order chi connectivity index (χ0) is 12.3. The van der Waals surface area contributed by atoms with Crippen LogP contribution in [0.4, 0.5) is 0 Å². The molecular formula is C12H21N3O2. The van der Waals surface area contributed by atoms with Gasteiger partial charge in [-0.2, -0.15) is 4.98 Å². The third kappa shape index (κ3) is 2.84. The van der Waals surface area contributed by atoms with Crippen LogP contribution in [0.5, 0.6) is 0 Å². The van der Waals surface area contributed by atoms with Crippen molar-refractivity contribution in [1.29, 1.82) is 0 Å². The van der Waals surface area contributed by atoms with Crippen LogP contribution in [0.2, 0.25) is 0 Å².